The smallest absolute Gasteiger partial charge is 0.348 e. The van der Waals surface area contributed by atoms with Crippen LogP contribution in [0.4, 0.5) is 13.2 Å². The minimum Gasteiger partial charge on any atom is -0.348 e. The number of alkyl halides is 3. The predicted octanol–water partition coefficient (Wildman–Crippen LogP) is 4.42. The van der Waals surface area contributed by atoms with Gasteiger partial charge in [-0.25, -0.2) is 4.52 Å². The van der Waals surface area contributed by atoms with Crippen LogP contribution in [0.1, 0.15) is 66.2 Å². The lowest BCUT2D eigenvalue weighted by atomic mass is 10.0. The number of benzene rings is 1. The van der Waals surface area contributed by atoms with Crippen molar-refractivity contribution in [2.75, 3.05) is 0 Å². The van der Waals surface area contributed by atoms with Gasteiger partial charge in [-0.15, -0.1) is 0 Å². The van der Waals surface area contributed by atoms with Crippen LogP contribution in [-0.4, -0.2) is 26.5 Å². The Hall–Kier alpha value is -3.10. The van der Waals surface area contributed by atoms with Crippen molar-refractivity contribution in [3.05, 3.63) is 57.1 Å². The molecule has 2 heterocycles. The van der Waals surface area contributed by atoms with Crippen molar-refractivity contribution in [3.63, 3.8) is 0 Å². The molecular formula is C22H23F3N4O2. The molecule has 1 unspecified atom stereocenters. The summed E-state index contributed by atoms with van der Waals surface area (Å²) >= 11 is 0. The quantitative estimate of drug-likeness (QED) is 0.626. The predicted molar refractivity (Wildman–Crippen MR) is 110 cm³/mol. The number of halogens is 3. The normalized spacial score (nSPS) is 15.3. The molecule has 0 bridgehead atoms. The van der Waals surface area contributed by atoms with E-state index in [1.54, 1.807) is 6.20 Å². The molecule has 6 nitrogen and oxygen atoms in total. The molecule has 0 saturated heterocycles. The van der Waals surface area contributed by atoms with Gasteiger partial charge < -0.3 is 10.3 Å². The fraction of sp³-hybridized carbons (Fsp3) is 0.409. The first kappa shape index (κ1) is 21.1. The van der Waals surface area contributed by atoms with Crippen LogP contribution in [0, 0.1) is 6.92 Å². The highest BCUT2D eigenvalue weighted by Crippen LogP contribution is 2.43. The molecule has 4 rings (SSSR count). The van der Waals surface area contributed by atoms with Crippen molar-refractivity contribution < 1.29 is 18.0 Å². The largest absolute Gasteiger partial charge is 0.416 e. The molecule has 0 aliphatic heterocycles. The third-order valence-electron chi connectivity index (χ3n) is 5.70. The zero-order valence-electron chi connectivity index (χ0n) is 17.4. The average molecular weight is 432 g/mol. The van der Waals surface area contributed by atoms with Gasteiger partial charge in [0.2, 0.25) is 0 Å². The number of hydrogen-bond donors (Lipinski definition) is 2. The number of hydrogen-bond acceptors (Lipinski definition) is 3. The van der Waals surface area contributed by atoms with Crippen molar-refractivity contribution in [1.82, 2.24) is 19.9 Å². The second kappa shape index (κ2) is 7.55. The standard InChI is InChI=1S/C22H23F3N4O2/c1-4-12(3)26-20(30)18-17(13-5-6-13)19-21(31)27-16(10-29(19)28-18)14-7-8-15(11(2)9-14)22(23,24)25/h7-10,12-13H,4-6H2,1-3H3,(H,26,30)(H,27,31). The minimum absolute atomic E-state index is 0.0340. The van der Waals surface area contributed by atoms with Gasteiger partial charge in [0.1, 0.15) is 5.52 Å². The first-order valence-electron chi connectivity index (χ1n) is 10.2. The van der Waals surface area contributed by atoms with E-state index in [1.165, 1.54) is 23.6 Å². The van der Waals surface area contributed by atoms with Gasteiger partial charge in [-0.3, -0.25) is 9.59 Å². The second-order valence-corrected chi connectivity index (χ2v) is 8.14. The van der Waals surface area contributed by atoms with Gasteiger partial charge in [0.15, 0.2) is 5.69 Å². The minimum atomic E-state index is -4.45. The van der Waals surface area contributed by atoms with Crippen LogP contribution in [0.3, 0.4) is 0 Å². The molecule has 1 fully saturated rings. The Balaban J connectivity index is 1.82. The summed E-state index contributed by atoms with van der Waals surface area (Å²) in [6.45, 7) is 5.22. The number of carbonyl (C=O) groups is 1. The maximum Gasteiger partial charge on any atom is 0.416 e. The van der Waals surface area contributed by atoms with Gasteiger partial charge in [0.05, 0.1) is 17.5 Å². The van der Waals surface area contributed by atoms with Gasteiger partial charge >= 0.3 is 6.18 Å². The lowest BCUT2D eigenvalue weighted by molar-refractivity contribution is -0.138. The summed E-state index contributed by atoms with van der Waals surface area (Å²) in [6, 6.07) is 3.65. The molecular weight excluding hydrogens is 409 g/mol. The van der Waals surface area contributed by atoms with Crippen LogP contribution in [-0.2, 0) is 6.18 Å². The number of aromatic amines is 1. The van der Waals surface area contributed by atoms with Gasteiger partial charge in [-0.2, -0.15) is 18.3 Å². The highest BCUT2D eigenvalue weighted by molar-refractivity contribution is 5.96. The molecule has 1 atom stereocenters. The van der Waals surface area contributed by atoms with Gasteiger partial charge in [0, 0.05) is 11.6 Å². The zero-order valence-corrected chi connectivity index (χ0v) is 17.4. The zero-order chi connectivity index (χ0) is 22.5. The summed E-state index contributed by atoms with van der Waals surface area (Å²) in [6.07, 6.45) is -0.381. The molecule has 0 radical (unpaired) electrons. The lowest BCUT2D eigenvalue weighted by Gasteiger charge is -2.11. The summed E-state index contributed by atoms with van der Waals surface area (Å²) in [4.78, 5) is 28.4. The Morgan fingerprint density at radius 2 is 2.06 bits per heavy atom. The third-order valence-corrected chi connectivity index (χ3v) is 5.70. The number of amides is 1. The number of aromatic nitrogens is 3. The number of aryl methyl sites for hydroxylation is 1. The first-order valence-corrected chi connectivity index (χ1v) is 10.2. The Labute approximate surface area is 176 Å². The van der Waals surface area contributed by atoms with E-state index < -0.39 is 17.3 Å². The molecule has 1 aliphatic rings. The highest BCUT2D eigenvalue weighted by atomic mass is 19.4. The Morgan fingerprint density at radius 3 is 2.65 bits per heavy atom. The molecule has 1 aliphatic carbocycles. The van der Waals surface area contributed by atoms with Crippen molar-refractivity contribution in [2.24, 2.45) is 0 Å². The van der Waals surface area contributed by atoms with Crippen LogP contribution in [0.5, 0.6) is 0 Å². The molecule has 2 aromatic heterocycles. The number of carbonyl (C=O) groups excluding carboxylic acids is 1. The molecule has 164 valence electrons. The van der Waals surface area contributed by atoms with Crippen LogP contribution < -0.4 is 10.9 Å². The third kappa shape index (κ3) is 3.96. The molecule has 2 N–H and O–H groups in total. The van der Waals surface area contributed by atoms with Crippen LogP contribution in [0.25, 0.3) is 16.8 Å². The summed E-state index contributed by atoms with van der Waals surface area (Å²) in [7, 11) is 0. The lowest BCUT2D eigenvalue weighted by Crippen LogP contribution is -2.32. The van der Waals surface area contributed by atoms with E-state index in [2.05, 4.69) is 15.4 Å². The summed E-state index contributed by atoms with van der Waals surface area (Å²) in [5.74, 6) is -0.221. The van der Waals surface area contributed by atoms with Gasteiger partial charge in [0.25, 0.3) is 11.5 Å². The van der Waals surface area contributed by atoms with E-state index in [-0.39, 0.29) is 29.1 Å². The van der Waals surface area contributed by atoms with E-state index in [9.17, 15) is 22.8 Å². The molecule has 31 heavy (non-hydrogen) atoms. The van der Waals surface area contributed by atoms with E-state index >= 15 is 0 Å². The van der Waals surface area contributed by atoms with Crippen LogP contribution in [0.2, 0.25) is 0 Å². The van der Waals surface area contributed by atoms with E-state index in [0.29, 0.717) is 22.3 Å². The van der Waals surface area contributed by atoms with Crippen molar-refractivity contribution in [3.8, 4) is 11.3 Å². The number of fused-ring (bicyclic) bond motifs is 1. The maximum absolute atomic E-state index is 13.1. The Bertz CT molecular complexity index is 1220. The van der Waals surface area contributed by atoms with Gasteiger partial charge in [-0.1, -0.05) is 13.0 Å². The average Bonchev–Trinajstić information content (AvgIpc) is 3.46. The number of rotatable bonds is 5. The first-order chi connectivity index (χ1) is 14.6. The van der Waals surface area contributed by atoms with Crippen LogP contribution in [0.15, 0.2) is 29.2 Å². The molecule has 0 spiro atoms. The molecule has 1 amide bonds. The van der Waals surface area contributed by atoms with E-state index in [4.69, 9.17) is 0 Å². The van der Waals surface area contributed by atoms with Crippen molar-refractivity contribution in [2.45, 2.75) is 58.2 Å². The number of nitrogens with one attached hydrogen (secondary N) is 2. The van der Waals surface area contributed by atoms with E-state index in [1.807, 2.05) is 13.8 Å². The fourth-order valence-electron chi connectivity index (χ4n) is 3.72. The number of H-pyrrole nitrogens is 1. The molecule has 3 aromatic rings. The van der Waals surface area contributed by atoms with Crippen molar-refractivity contribution in [1.29, 1.82) is 0 Å². The number of nitrogens with zero attached hydrogens (tertiary/aromatic N) is 2. The maximum atomic E-state index is 13.1. The summed E-state index contributed by atoms with van der Waals surface area (Å²) < 4.78 is 40.6. The second-order valence-electron chi connectivity index (χ2n) is 8.14. The summed E-state index contributed by atoms with van der Waals surface area (Å²) in [5.41, 5.74) is 0.839. The molecule has 1 saturated carbocycles. The molecule has 1 aromatic carbocycles. The Kier molecular flexibility index (Phi) is 5.15. The van der Waals surface area contributed by atoms with Gasteiger partial charge in [-0.05, 0) is 62.3 Å². The topological polar surface area (TPSA) is 79.3 Å². The van der Waals surface area contributed by atoms with Crippen molar-refractivity contribution >= 4 is 11.4 Å². The summed E-state index contributed by atoms with van der Waals surface area (Å²) in [5, 5.41) is 7.28. The van der Waals surface area contributed by atoms with Crippen LogP contribution >= 0.6 is 0 Å². The monoisotopic (exact) mass is 432 g/mol. The molecule has 9 heteroatoms. The highest BCUT2D eigenvalue weighted by Gasteiger charge is 2.35. The fourth-order valence-corrected chi connectivity index (χ4v) is 3.72. The SMILES string of the molecule is CCC(C)NC(=O)c1nn2cc(-c3ccc(C(F)(F)F)c(C)c3)[nH]c(=O)c2c1C1CC1. The Morgan fingerprint density at radius 1 is 1.35 bits per heavy atom. The van der Waals surface area contributed by atoms with E-state index in [0.717, 1.165) is 25.3 Å².